The molecule has 19 heavy (non-hydrogen) atoms. The number of esters is 1. The summed E-state index contributed by atoms with van der Waals surface area (Å²) in [6.07, 6.45) is 0.644. The summed E-state index contributed by atoms with van der Waals surface area (Å²) in [4.78, 5) is 24.1. The third-order valence-electron chi connectivity index (χ3n) is 2.64. The van der Waals surface area contributed by atoms with Crippen LogP contribution in [0.25, 0.3) is 0 Å². The molecular formula is C13H19NO4S. The highest BCUT2D eigenvalue weighted by molar-refractivity contribution is 7.12. The largest absolute Gasteiger partial charge is 0.469 e. The molecule has 0 aliphatic heterocycles. The van der Waals surface area contributed by atoms with Crippen molar-refractivity contribution in [3.8, 4) is 0 Å². The third kappa shape index (κ3) is 5.50. The SMILES string of the molecule is COCCNC(CCC(=O)OC)C(=O)c1cccs1. The van der Waals surface area contributed by atoms with Crippen LogP contribution in [0.15, 0.2) is 17.5 Å². The van der Waals surface area contributed by atoms with E-state index >= 15 is 0 Å². The molecular weight excluding hydrogens is 266 g/mol. The molecule has 1 heterocycles. The smallest absolute Gasteiger partial charge is 0.305 e. The highest BCUT2D eigenvalue weighted by atomic mass is 32.1. The van der Waals surface area contributed by atoms with Crippen molar-refractivity contribution in [2.75, 3.05) is 27.4 Å². The van der Waals surface area contributed by atoms with Crippen LogP contribution >= 0.6 is 11.3 Å². The van der Waals surface area contributed by atoms with E-state index in [1.54, 1.807) is 13.2 Å². The van der Waals surface area contributed by atoms with Gasteiger partial charge >= 0.3 is 5.97 Å². The standard InChI is InChI=1S/C13H19NO4S/c1-17-8-7-14-10(5-6-12(15)18-2)13(16)11-4-3-9-19-11/h3-4,9-10,14H,5-8H2,1-2H3. The Morgan fingerprint density at radius 2 is 2.21 bits per heavy atom. The zero-order valence-corrected chi connectivity index (χ0v) is 12.0. The lowest BCUT2D eigenvalue weighted by atomic mass is 10.1. The van der Waals surface area contributed by atoms with Gasteiger partial charge in [0, 0.05) is 20.1 Å². The number of carbonyl (C=O) groups is 2. The number of rotatable bonds is 9. The van der Waals surface area contributed by atoms with Crippen molar-refractivity contribution >= 4 is 23.1 Å². The fourth-order valence-electron chi connectivity index (χ4n) is 1.62. The van der Waals surface area contributed by atoms with E-state index in [0.717, 1.165) is 0 Å². The van der Waals surface area contributed by atoms with E-state index < -0.39 is 0 Å². The number of ether oxygens (including phenoxy) is 2. The summed E-state index contributed by atoms with van der Waals surface area (Å²) in [5.74, 6) is -0.299. The van der Waals surface area contributed by atoms with Gasteiger partial charge in [-0.25, -0.2) is 0 Å². The zero-order valence-electron chi connectivity index (χ0n) is 11.2. The maximum Gasteiger partial charge on any atom is 0.305 e. The molecule has 0 aliphatic carbocycles. The predicted octanol–water partition coefficient (Wildman–Crippen LogP) is 1.49. The molecule has 0 aliphatic rings. The van der Waals surface area contributed by atoms with Crippen molar-refractivity contribution in [2.45, 2.75) is 18.9 Å². The maximum atomic E-state index is 12.3. The van der Waals surface area contributed by atoms with Crippen LogP contribution in [-0.4, -0.2) is 45.2 Å². The van der Waals surface area contributed by atoms with E-state index in [1.165, 1.54) is 18.4 Å². The first-order valence-corrected chi connectivity index (χ1v) is 6.94. The van der Waals surface area contributed by atoms with Crippen LogP contribution in [0.5, 0.6) is 0 Å². The minimum atomic E-state index is -0.382. The second-order valence-electron chi connectivity index (χ2n) is 3.96. The number of hydrogen-bond donors (Lipinski definition) is 1. The van der Waals surface area contributed by atoms with E-state index in [4.69, 9.17) is 4.74 Å². The number of carbonyl (C=O) groups excluding carboxylic acids is 2. The minimum Gasteiger partial charge on any atom is -0.469 e. The first kappa shape index (κ1) is 15.8. The highest BCUT2D eigenvalue weighted by Crippen LogP contribution is 2.14. The first-order chi connectivity index (χ1) is 9.19. The molecule has 0 amide bonds. The highest BCUT2D eigenvalue weighted by Gasteiger charge is 2.21. The molecule has 1 aromatic rings. The fourth-order valence-corrected chi connectivity index (χ4v) is 2.34. The normalized spacial score (nSPS) is 12.1. The van der Waals surface area contributed by atoms with Crippen LogP contribution in [-0.2, 0) is 14.3 Å². The topological polar surface area (TPSA) is 64.6 Å². The number of hydrogen-bond acceptors (Lipinski definition) is 6. The molecule has 1 aromatic heterocycles. The average molecular weight is 285 g/mol. The molecule has 6 heteroatoms. The van der Waals surface area contributed by atoms with Gasteiger partial charge in [0.05, 0.1) is 24.6 Å². The Morgan fingerprint density at radius 1 is 1.42 bits per heavy atom. The molecule has 106 valence electrons. The summed E-state index contributed by atoms with van der Waals surface area (Å²) in [7, 11) is 2.95. The summed E-state index contributed by atoms with van der Waals surface area (Å²) in [6.45, 7) is 1.09. The van der Waals surface area contributed by atoms with Gasteiger partial charge < -0.3 is 14.8 Å². The Balaban J connectivity index is 2.57. The Bertz CT molecular complexity index is 391. The number of methoxy groups -OCH3 is 2. The molecule has 1 atom stereocenters. The van der Waals surface area contributed by atoms with Gasteiger partial charge in [0.1, 0.15) is 0 Å². The van der Waals surface area contributed by atoms with Crippen LogP contribution in [0.1, 0.15) is 22.5 Å². The Morgan fingerprint density at radius 3 is 2.79 bits per heavy atom. The molecule has 5 nitrogen and oxygen atoms in total. The molecule has 0 fully saturated rings. The summed E-state index contributed by atoms with van der Waals surface area (Å²) in [5, 5.41) is 4.97. The molecule has 0 saturated heterocycles. The summed E-state index contributed by atoms with van der Waals surface area (Å²) in [5.41, 5.74) is 0. The molecule has 1 N–H and O–H groups in total. The van der Waals surface area contributed by atoms with Gasteiger partial charge in [-0.05, 0) is 17.9 Å². The van der Waals surface area contributed by atoms with Crippen LogP contribution in [0, 0.1) is 0 Å². The maximum absolute atomic E-state index is 12.3. The van der Waals surface area contributed by atoms with Gasteiger partial charge in [0.15, 0.2) is 5.78 Å². The molecule has 0 spiro atoms. The summed E-state index contributed by atoms with van der Waals surface area (Å²) in [6, 6.07) is 3.24. The Kier molecular flexibility index (Phi) is 7.32. The first-order valence-electron chi connectivity index (χ1n) is 6.06. The summed E-state index contributed by atoms with van der Waals surface area (Å²) < 4.78 is 9.54. The van der Waals surface area contributed by atoms with Gasteiger partial charge in [-0.2, -0.15) is 0 Å². The van der Waals surface area contributed by atoms with Crippen LogP contribution in [0.4, 0.5) is 0 Å². The van der Waals surface area contributed by atoms with Crippen molar-refractivity contribution in [1.82, 2.24) is 5.32 Å². The Hall–Kier alpha value is -1.24. The second kappa shape index (κ2) is 8.79. The van der Waals surface area contributed by atoms with Crippen LogP contribution in [0.3, 0.4) is 0 Å². The van der Waals surface area contributed by atoms with Gasteiger partial charge in [0.25, 0.3) is 0 Å². The lowest BCUT2D eigenvalue weighted by Crippen LogP contribution is -2.38. The van der Waals surface area contributed by atoms with Crippen LogP contribution < -0.4 is 5.32 Å². The zero-order chi connectivity index (χ0) is 14.1. The third-order valence-corrected chi connectivity index (χ3v) is 3.53. The van der Waals surface area contributed by atoms with E-state index in [-0.39, 0.29) is 24.2 Å². The second-order valence-corrected chi connectivity index (χ2v) is 4.90. The fraction of sp³-hybridized carbons (Fsp3) is 0.538. The molecule has 0 radical (unpaired) electrons. The van der Waals surface area contributed by atoms with Gasteiger partial charge in [-0.3, -0.25) is 9.59 Å². The van der Waals surface area contributed by atoms with Crippen molar-refractivity contribution < 1.29 is 19.1 Å². The molecule has 0 saturated carbocycles. The lowest BCUT2D eigenvalue weighted by Gasteiger charge is -2.16. The van der Waals surface area contributed by atoms with E-state index in [0.29, 0.717) is 24.4 Å². The van der Waals surface area contributed by atoms with Gasteiger partial charge in [-0.1, -0.05) is 6.07 Å². The van der Waals surface area contributed by atoms with Crippen molar-refractivity contribution in [1.29, 1.82) is 0 Å². The molecule has 0 aromatic carbocycles. The van der Waals surface area contributed by atoms with E-state index in [9.17, 15) is 9.59 Å². The number of Topliss-reactive ketones (excluding diaryl/α,β-unsaturated/α-hetero) is 1. The monoisotopic (exact) mass is 285 g/mol. The number of ketones is 1. The summed E-state index contributed by atoms with van der Waals surface area (Å²) >= 11 is 1.40. The average Bonchev–Trinajstić information content (AvgIpc) is 2.95. The molecule has 1 rings (SSSR count). The molecule has 1 unspecified atom stereocenters. The van der Waals surface area contributed by atoms with Crippen molar-refractivity contribution in [2.24, 2.45) is 0 Å². The lowest BCUT2D eigenvalue weighted by molar-refractivity contribution is -0.140. The predicted molar refractivity (Wildman–Crippen MR) is 73.6 cm³/mol. The van der Waals surface area contributed by atoms with Crippen LogP contribution in [0.2, 0.25) is 0 Å². The van der Waals surface area contributed by atoms with Gasteiger partial charge in [-0.15, -0.1) is 11.3 Å². The van der Waals surface area contributed by atoms with Gasteiger partial charge in [0.2, 0.25) is 0 Å². The van der Waals surface area contributed by atoms with Crippen molar-refractivity contribution in [3.63, 3.8) is 0 Å². The number of nitrogens with one attached hydrogen (secondary N) is 1. The quantitative estimate of drug-likeness (QED) is 0.423. The minimum absolute atomic E-state index is 0.00926. The number of thiophene rings is 1. The molecule has 0 bridgehead atoms. The Labute approximate surface area is 116 Å². The van der Waals surface area contributed by atoms with E-state index in [2.05, 4.69) is 10.1 Å². The van der Waals surface area contributed by atoms with E-state index in [1.807, 2.05) is 11.4 Å². The van der Waals surface area contributed by atoms with Crippen molar-refractivity contribution in [3.05, 3.63) is 22.4 Å².